The first-order valence-electron chi connectivity index (χ1n) is 6.63. The van der Waals surface area contributed by atoms with Gasteiger partial charge in [0, 0.05) is 0 Å². The SMILES string of the molecule is CCOC(=O)CC1=[C](Oc2ccc(F)c(C#N)c2)[In]([F])[CH]=C1. The van der Waals surface area contributed by atoms with Gasteiger partial charge in [-0.05, 0) is 0 Å². The number of esters is 1. The summed E-state index contributed by atoms with van der Waals surface area (Å²) in [5.41, 5.74) is 0.270. The van der Waals surface area contributed by atoms with Crippen LogP contribution in [0.4, 0.5) is 7.06 Å². The zero-order valence-electron chi connectivity index (χ0n) is 11.8. The summed E-state index contributed by atoms with van der Waals surface area (Å²) in [5, 5.41) is 8.79. The zero-order chi connectivity index (χ0) is 16.1. The maximum absolute atomic E-state index is 14.1. The Bertz CT molecular complexity index is 695. The van der Waals surface area contributed by atoms with Crippen molar-refractivity contribution in [1.29, 1.82) is 5.26 Å². The number of nitriles is 1. The van der Waals surface area contributed by atoms with E-state index < -0.39 is 33.8 Å². The molecule has 0 aliphatic carbocycles. The van der Waals surface area contributed by atoms with Crippen molar-refractivity contribution >= 4 is 28.0 Å². The Morgan fingerprint density at radius 1 is 1.45 bits per heavy atom. The quantitative estimate of drug-likeness (QED) is 0.705. The van der Waals surface area contributed by atoms with E-state index in [9.17, 15) is 11.8 Å². The summed E-state index contributed by atoms with van der Waals surface area (Å²) in [4.78, 5) is 11.5. The van der Waals surface area contributed by atoms with E-state index in [4.69, 9.17) is 14.7 Å². The van der Waals surface area contributed by atoms with E-state index in [-0.39, 0.29) is 27.9 Å². The van der Waals surface area contributed by atoms with E-state index in [0.29, 0.717) is 5.57 Å². The Morgan fingerprint density at radius 2 is 2.23 bits per heavy atom. The molecule has 22 heavy (non-hydrogen) atoms. The van der Waals surface area contributed by atoms with Crippen molar-refractivity contribution in [3.05, 3.63) is 48.6 Å². The average molecular weight is 407 g/mol. The van der Waals surface area contributed by atoms with Crippen molar-refractivity contribution in [3.8, 4) is 11.8 Å². The van der Waals surface area contributed by atoms with Gasteiger partial charge in [-0.3, -0.25) is 0 Å². The second-order valence-electron chi connectivity index (χ2n) is 4.49. The molecule has 2 rings (SSSR count). The van der Waals surface area contributed by atoms with E-state index in [2.05, 4.69) is 0 Å². The number of nitrogens with zero attached hydrogens (tertiary/aromatic N) is 1. The van der Waals surface area contributed by atoms with Gasteiger partial charge in [0.2, 0.25) is 0 Å². The predicted molar refractivity (Wildman–Crippen MR) is 76.0 cm³/mol. The number of allylic oxidation sites excluding steroid dienone is 1. The summed E-state index contributed by atoms with van der Waals surface area (Å²) >= 11 is -3.64. The third-order valence-electron chi connectivity index (χ3n) is 2.96. The molecule has 0 spiro atoms. The minimum absolute atomic E-state index is 0.0662. The van der Waals surface area contributed by atoms with Crippen LogP contribution in [0.5, 0.6) is 5.75 Å². The van der Waals surface area contributed by atoms with Crippen molar-refractivity contribution in [2.24, 2.45) is 0 Å². The number of carbonyl (C=O) groups excluding carboxylic acids is 1. The van der Waals surface area contributed by atoms with Crippen LogP contribution in [-0.2, 0) is 9.53 Å². The van der Waals surface area contributed by atoms with Gasteiger partial charge in [-0.1, -0.05) is 0 Å². The van der Waals surface area contributed by atoms with Crippen LogP contribution >= 0.6 is 0 Å². The van der Waals surface area contributed by atoms with Crippen molar-refractivity contribution in [2.75, 3.05) is 6.61 Å². The maximum atomic E-state index is 14.1. The van der Waals surface area contributed by atoms with Gasteiger partial charge < -0.3 is 0 Å². The van der Waals surface area contributed by atoms with E-state index in [1.54, 1.807) is 19.1 Å². The number of carbonyl (C=O) groups is 1. The molecule has 1 aromatic carbocycles. The molecule has 0 N–H and O–H groups in total. The summed E-state index contributed by atoms with van der Waals surface area (Å²) < 4.78 is 39.3. The number of halogens is 2. The van der Waals surface area contributed by atoms with Crippen LogP contribution in [0.15, 0.2) is 37.2 Å². The fourth-order valence-electron chi connectivity index (χ4n) is 1.96. The average Bonchev–Trinajstić information content (AvgIpc) is 2.82. The molecule has 0 bridgehead atoms. The van der Waals surface area contributed by atoms with E-state index in [0.717, 1.165) is 6.07 Å². The van der Waals surface area contributed by atoms with Crippen LogP contribution < -0.4 is 4.74 Å². The third-order valence-corrected chi connectivity index (χ3v) is 7.30. The van der Waals surface area contributed by atoms with Gasteiger partial charge in [0.05, 0.1) is 0 Å². The number of hydrogen-bond donors (Lipinski definition) is 0. The number of ether oxygens (including phenoxy) is 2. The Labute approximate surface area is 135 Å². The monoisotopic (exact) mass is 407 g/mol. The summed E-state index contributed by atoms with van der Waals surface area (Å²) in [6, 6.07) is 5.31. The minimum atomic E-state index is -3.64. The molecule has 0 unspecified atom stereocenters. The number of rotatable bonds is 5. The van der Waals surface area contributed by atoms with Crippen molar-refractivity contribution in [1.82, 2.24) is 0 Å². The second-order valence-corrected chi connectivity index (χ2v) is 9.38. The van der Waals surface area contributed by atoms with Gasteiger partial charge >= 0.3 is 135 Å². The molecule has 4 nitrogen and oxygen atoms in total. The summed E-state index contributed by atoms with van der Waals surface area (Å²) in [7, 11) is 0. The molecule has 0 aromatic heterocycles. The topological polar surface area (TPSA) is 59.3 Å². The van der Waals surface area contributed by atoms with Crippen molar-refractivity contribution in [2.45, 2.75) is 13.3 Å². The fraction of sp³-hybridized carbons (Fsp3) is 0.200. The van der Waals surface area contributed by atoms with Crippen LogP contribution in [0, 0.1) is 17.1 Å². The van der Waals surface area contributed by atoms with Crippen LogP contribution in [-0.4, -0.2) is 34.6 Å². The molecule has 7 heteroatoms. The summed E-state index contributed by atoms with van der Waals surface area (Å²) in [6.07, 6.45) is 1.48. The number of hydrogen-bond acceptors (Lipinski definition) is 4. The molecule has 0 atom stereocenters. The van der Waals surface area contributed by atoms with Crippen LogP contribution in [0.25, 0.3) is 0 Å². The normalized spacial score (nSPS) is 13.3. The first-order chi connectivity index (χ1) is 10.5. The molecule has 0 amide bonds. The van der Waals surface area contributed by atoms with Crippen LogP contribution in [0.2, 0.25) is 0 Å². The molecule has 0 saturated carbocycles. The van der Waals surface area contributed by atoms with Gasteiger partial charge in [0.15, 0.2) is 0 Å². The standard InChI is InChI=1S/C15H12FNO3.FH.In/c1-3-11(7-15(18)19-4-2)10-20-13-5-6-14(16)12(8-13)9-17;;/h1,3,5-6,8H,4,7H2,2H3;1H;/q;;+1/p-1. The second kappa shape index (κ2) is 7.45. The van der Waals surface area contributed by atoms with Gasteiger partial charge in [-0.2, -0.15) is 0 Å². The van der Waals surface area contributed by atoms with E-state index in [1.165, 1.54) is 16.0 Å². The molecule has 1 heterocycles. The van der Waals surface area contributed by atoms with Crippen molar-refractivity contribution < 1.29 is 21.3 Å². The molecule has 0 fully saturated rings. The fourth-order valence-corrected chi connectivity index (χ4v) is 5.89. The van der Waals surface area contributed by atoms with Gasteiger partial charge in [-0.25, -0.2) is 0 Å². The van der Waals surface area contributed by atoms with Crippen molar-refractivity contribution in [3.63, 3.8) is 0 Å². The van der Waals surface area contributed by atoms with Crippen LogP contribution in [0.3, 0.4) is 0 Å². The third kappa shape index (κ3) is 3.89. The first-order valence-corrected chi connectivity index (χ1v) is 11.4. The molecular formula is C15H12F2InNO3. The Morgan fingerprint density at radius 3 is 2.91 bits per heavy atom. The van der Waals surface area contributed by atoms with E-state index >= 15 is 0 Å². The van der Waals surface area contributed by atoms with Crippen LogP contribution in [0.1, 0.15) is 18.9 Å². The predicted octanol–water partition coefficient (Wildman–Crippen LogP) is 2.89. The zero-order valence-corrected chi connectivity index (χ0v) is 15.1. The Kier molecular flexibility index (Phi) is 5.61. The van der Waals surface area contributed by atoms with Gasteiger partial charge in [-0.15, -0.1) is 0 Å². The Hall–Kier alpha value is -1.81. The van der Waals surface area contributed by atoms with Gasteiger partial charge in [0.1, 0.15) is 0 Å². The molecule has 1 aliphatic rings. The molecule has 112 valence electrons. The van der Waals surface area contributed by atoms with E-state index in [1.807, 2.05) is 0 Å². The van der Waals surface area contributed by atoms with Gasteiger partial charge in [0.25, 0.3) is 0 Å². The summed E-state index contributed by atoms with van der Waals surface area (Å²) in [5.74, 6) is -0.946. The molecule has 0 saturated heterocycles. The molecule has 0 radical (unpaired) electrons. The summed E-state index contributed by atoms with van der Waals surface area (Å²) in [6.45, 7) is 1.94. The molecule has 1 aliphatic heterocycles. The molecular weight excluding hydrogens is 395 g/mol. The molecule has 1 aromatic rings. The number of benzene rings is 1. The first kappa shape index (κ1) is 16.6. The Balaban J connectivity index is 2.22.